The molecule has 31 heavy (non-hydrogen) atoms. The minimum atomic E-state index is -0.0400. The summed E-state index contributed by atoms with van der Waals surface area (Å²) < 4.78 is 6.17. The predicted molar refractivity (Wildman–Crippen MR) is 129 cm³/mol. The van der Waals surface area contributed by atoms with Gasteiger partial charge in [0, 0.05) is 23.4 Å². The lowest BCUT2D eigenvalue weighted by Gasteiger charge is -2.26. The fraction of sp³-hybridized carbons (Fsp3) is 0.296. The second kappa shape index (κ2) is 9.19. The molecule has 1 unspecified atom stereocenters. The van der Waals surface area contributed by atoms with Crippen LogP contribution in [0, 0.1) is 0 Å². The van der Waals surface area contributed by atoms with Gasteiger partial charge in [-0.3, -0.25) is 4.79 Å². The summed E-state index contributed by atoms with van der Waals surface area (Å²) in [5.74, 6) is 1.84. The average Bonchev–Trinajstić information content (AvgIpc) is 3.27. The number of ether oxygens (including phenoxy) is 1. The van der Waals surface area contributed by atoms with Crippen LogP contribution in [-0.2, 0) is 12.0 Å². The summed E-state index contributed by atoms with van der Waals surface area (Å²) in [5, 5.41) is -0.0400. The number of para-hydroxylation sites is 1. The zero-order valence-electron chi connectivity index (χ0n) is 18.4. The Balaban J connectivity index is 1.54. The Morgan fingerprint density at radius 3 is 2.35 bits per heavy atom. The summed E-state index contributed by atoms with van der Waals surface area (Å²) in [6, 6.07) is 26.3. The molecule has 1 amide bonds. The Hall–Kier alpha value is -2.72. The Labute approximate surface area is 189 Å². The fourth-order valence-corrected chi connectivity index (χ4v) is 5.05. The molecule has 0 aromatic heterocycles. The summed E-state index contributed by atoms with van der Waals surface area (Å²) in [6.07, 6.45) is 0. The highest BCUT2D eigenvalue weighted by atomic mass is 32.2. The molecule has 1 heterocycles. The molecule has 1 fully saturated rings. The smallest absolute Gasteiger partial charge is 0.255 e. The number of carbonyl (C=O) groups excluding carboxylic acids is 1. The molecular weight excluding hydrogens is 402 g/mol. The number of benzene rings is 3. The highest BCUT2D eigenvalue weighted by Crippen LogP contribution is 2.42. The third-order valence-electron chi connectivity index (χ3n) is 5.57. The highest BCUT2D eigenvalue weighted by Gasteiger charge is 2.33. The lowest BCUT2D eigenvalue weighted by atomic mass is 9.86. The first-order chi connectivity index (χ1) is 14.9. The molecule has 1 atom stereocenters. The van der Waals surface area contributed by atoms with E-state index < -0.39 is 0 Å². The third-order valence-corrected chi connectivity index (χ3v) is 6.81. The van der Waals surface area contributed by atoms with Crippen LogP contribution in [0.1, 0.15) is 53.2 Å². The Morgan fingerprint density at radius 2 is 1.65 bits per heavy atom. The first kappa shape index (κ1) is 21.5. The second-order valence-corrected chi connectivity index (χ2v) is 10.0. The van der Waals surface area contributed by atoms with Crippen LogP contribution in [0.25, 0.3) is 0 Å². The highest BCUT2D eigenvalue weighted by molar-refractivity contribution is 7.99. The lowest BCUT2D eigenvalue weighted by molar-refractivity contribution is 0.0759. The Morgan fingerprint density at radius 1 is 0.968 bits per heavy atom. The van der Waals surface area contributed by atoms with Gasteiger partial charge in [-0.05, 0) is 34.7 Å². The molecule has 0 aliphatic carbocycles. The Bertz CT molecular complexity index is 1030. The first-order valence-electron chi connectivity index (χ1n) is 10.7. The van der Waals surface area contributed by atoms with E-state index in [2.05, 4.69) is 51.1 Å². The van der Waals surface area contributed by atoms with Crippen LogP contribution >= 0.6 is 11.8 Å². The van der Waals surface area contributed by atoms with Crippen LogP contribution in [0.5, 0.6) is 5.75 Å². The Kier molecular flexibility index (Phi) is 6.38. The number of rotatable bonds is 5. The van der Waals surface area contributed by atoms with Crippen LogP contribution < -0.4 is 4.74 Å². The summed E-state index contributed by atoms with van der Waals surface area (Å²) in [6.45, 7) is 7.80. The van der Waals surface area contributed by atoms with Crippen molar-refractivity contribution in [2.24, 2.45) is 0 Å². The molecule has 3 nitrogen and oxygen atoms in total. The standard InChI is InChI=1S/C27H29NO2S/c1-27(2,3)22-15-13-21(14-16-22)25(29)28-17-18-31-26(28)23-11-7-8-12-24(23)30-19-20-9-5-4-6-10-20/h4-16,26H,17-19H2,1-3H3. The minimum Gasteiger partial charge on any atom is -0.489 e. The van der Waals surface area contributed by atoms with Crippen LogP contribution in [-0.4, -0.2) is 23.1 Å². The number of amides is 1. The van der Waals surface area contributed by atoms with E-state index in [1.54, 1.807) is 11.8 Å². The largest absolute Gasteiger partial charge is 0.489 e. The molecule has 1 aliphatic rings. The van der Waals surface area contributed by atoms with E-state index >= 15 is 0 Å². The van der Waals surface area contributed by atoms with Gasteiger partial charge in [0.15, 0.2) is 0 Å². The molecule has 4 rings (SSSR count). The topological polar surface area (TPSA) is 29.5 Å². The molecule has 0 saturated carbocycles. The lowest BCUT2D eigenvalue weighted by Crippen LogP contribution is -2.30. The van der Waals surface area contributed by atoms with E-state index in [1.165, 1.54) is 5.56 Å². The number of thioether (sulfide) groups is 1. The summed E-state index contributed by atoms with van der Waals surface area (Å²) in [5.41, 5.74) is 4.23. The van der Waals surface area contributed by atoms with E-state index in [1.807, 2.05) is 53.4 Å². The van der Waals surface area contributed by atoms with Crippen molar-refractivity contribution in [2.45, 2.75) is 38.2 Å². The van der Waals surface area contributed by atoms with Crippen molar-refractivity contribution in [3.63, 3.8) is 0 Å². The normalized spacial score (nSPS) is 16.4. The number of carbonyl (C=O) groups is 1. The van der Waals surface area contributed by atoms with Gasteiger partial charge in [0.25, 0.3) is 5.91 Å². The van der Waals surface area contributed by atoms with Gasteiger partial charge in [0.2, 0.25) is 0 Å². The van der Waals surface area contributed by atoms with Crippen molar-refractivity contribution in [1.29, 1.82) is 0 Å². The van der Waals surface area contributed by atoms with Gasteiger partial charge in [-0.25, -0.2) is 0 Å². The van der Waals surface area contributed by atoms with Gasteiger partial charge in [0.1, 0.15) is 17.7 Å². The first-order valence-corrected chi connectivity index (χ1v) is 11.8. The molecule has 1 saturated heterocycles. The molecule has 0 bridgehead atoms. The second-order valence-electron chi connectivity index (χ2n) is 8.86. The molecule has 0 spiro atoms. The minimum absolute atomic E-state index is 0.0400. The van der Waals surface area contributed by atoms with Crippen LogP contribution in [0.15, 0.2) is 78.9 Å². The molecule has 0 radical (unpaired) electrons. The van der Waals surface area contributed by atoms with Crippen LogP contribution in [0.2, 0.25) is 0 Å². The van der Waals surface area contributed by atoms with Crippen molar-refractivity contribution in [3.8, 4) is 5.75 Å². The maximum absolute atomic E-state index is 13.4. The van der Waals surface area contributed by atoms with Gasteiger partial charge in [-0.1, -0.05) is 81.4 Å². The van der Waals surface area contributed by atoms with E-state index in [0.29, 0.717) is 6.61 Å². The summed E-state index contributed by atoms with van der Waals surface area (Å²) >= 11 is 1.79. The van der Waals surface area contributed by atoms with Gasteiger partial charge >= 0.3 is 0 Å². The van der Waals surface area contributed by atoms with Crippen molar-refractivity contribution in [3.05, 3.63) is 101 Å². The average molecular weight is 432 g/mol. The van der Waals surface area contributed by atoms with Gasteiger partial charge in [-0.15, -0.1) is 11.8 Å². The van der Waals surface area contributed by atoms with E-state index in [0.717, 1.165) is 34.7 Å². The quantitative estimate of drug-likeness (QED) is 0.465. The zero-order chi connectivity index (χ0) is 21.8. The van der Waals surface area contributed by atoms with Gasteiger partial charge in [0.05, 0.1) is 0 Å². The maximum Gasteiger partial charge on any atom is 0.255 e. The number of hydrogen-bond donors (Lipinski definition) is 0. The maximum atomic E-state index is 13.4. The van der Waals surface area contributed by atoms with Crippen molar-refractivity contribution < 1.29 is 9.53 Å². The van der Waals surface area contributed by atoms with Crippen molar-refractivity contribution in [1.82, 2.24) is 4.90 Å². The molecule has 0 N–H and O–H groups in total. The van der Waals surface area contributed by atoms with E-state index in [9.17, 15) is 4.79 Å². The molecule has 160 valence electrons. The summed E-state index contributed by atoms with van der Waals surface area (Å²) in [4.78, 5) is 15.3. The molecule has 3 aromatic carbocycles. The van der Waals surface area contributed by atoms with E-state index in [4.69, 9.17) is 4.74 Å². The molecule has 3 aromatic rings. The number of hydrogen-bond acceptors (Lipinski definition) is 3. The molecular formula is C27H29NO2S. The monoisotopic (exact) mass is 431 g/mol. The van der Waals surface area contributed by atoms with E-state index in [-0.39, 0.29) is 16.7 Å². The van der Waals surface area contributed by atoms with Gasteiger partial charge < -0.3 is 9.64 Å². The van der Waals surface area contributed by atoms with Crippen LogP contribution in [0.3, 0.4) is 0 Å². The fourth-order valence-electron chi connectivity index (χ4n) is 3.77. The number of nitrogens with zero attached hydrogens (tertiary/aromatic N) is 1. The zero-order valence-corrected chi connectivity index (χ0v) is 19.2. The van der Waals surface area contributed by atoms with Crippen molar-refractivity contribution >= 4 is 17.7 Å². The molecule has 1 aliphatic heterocycles. The SMILES string of the molecule is CC(C)(C)c1ccc(C(=O)N2CCSC2c2ccccc2OCc2ccccc2)cc1. The summed E-state index contributed by atoms with van der Waals surface area (Å²) in [7, 11) is 0. The predicted octanol–water partition coefficient (Wildman–Crippen LogP) is 6.45. The van der Waals surface area contributed by atoms with Crippen molar-refractivity contribution in [2.75, 3.05) is 12.3 Å². The van der Waals surface area contributed by atoms with Crippen LogP contribution in [0.4, 0.5) is 0 Å². The molecule has 4 heteroatoms. The third kappa shape index (κ3) is 4.96. The van der Waals surface area contributed by atoms with Gasteiger partial charge in [-0.2, -0.15) is 0 Å².